The summed E-state index contributed by atoms with van der Waals surface area (Å²) in [5.41, 5.74) is 3.79. The van der Waals surface area contributed by atoms with Gasteiger partial charge >= 0.3 is 0 Å². The van der Waals surface area contributed by atoms with Gasteiger partial charge in [-0.05, 0) is 61.4 Å². The molecule has 2 amide bonds. The Morgan fingerprint density at radius 1 is 0.903 bits per heavy atom. The Morgan fingerprint density at radius 2 is 1.58 bits per heavy atom. The summed E-state index contributed by atoms with van der Waals surface area (Å²) >= 11 is 7.29. The van der Waals surface area contributed by atoms with Crippen LogP contribution in [-0.4, -0.2) is 11.8 Å². The summed E-state index contributed by atoms with van der Waals surface area (Å²) < 4.78 is 0. The van der Waals surface area contributed by atoms with E-state index in [4.69, 9.17) is 11.6 Å². The molecule has 0 aromatic heterocycles. The van der Waals surface area contributed by atoms with Crippen molar-refractivity contribution in [1.82, 2.24) is 0 Å². The maximum Gasteiger partial charge on any atom is 0.283 e. The van der Waals surface area contributed by atoms with E-state index in [1.807, 2.05) is 55.5 Å². The van der Waals surface area contributed by atoms with E-state index in [1.165, 1.54) is 16.7 Å². The number of aryl methyl sites for hydroxylation is 2. The van der Waals surface area contributed by atoms with Crippen LogP contribution < -0.4 is 10.2 Å². The minimum atomic E-state index is -0.382. The monoisotopic (exact) mass is 448 g/mol. The number of rotatable bonds is 6. The lowest BCUT2D eigenvalue weighted by Gasteiger charge is -2.16. The van der Waals surface area contributed by atoms with Gasteiger partial charge in [-0.3, -0.25) is 9.59 Å². The Bertz CT molecular complexity index is 1170. The molecule has 1 aliphatic heterocycles. The van der Waals surface area contributed by atoms with Crippen molar-refractivity contribution < 1.29 is 9.59 Å². The second-order valence-electron chi connectivity index (χ2n) is 7.18. The number of imide groups is 1. The summed E-state index contributed by atoms with van der Waals surface area (Å²) in [6.45, 7) is 4.06. The molecule has 0 radical (unpaired) electrons. The number of anilines is 2. The van der Waals surface area contributed by atoms with Gasteiger partial charge < -0.3 is 5.32 Å². The Kier molecular flexibility index (Phi) is 6.16. The molecule has 1 N–H and O–H groups in total. The number of benzene rings is 3. The van der Waals surface area contributed by atoms with Gasteiger partial charge in [0, 0.05) is 15.6 Å². The average molecular weight is 449 g/mol. The van der Waals surface area contributed by atoms with E-state index < -0.39 is 0 Å². The molecule has 0 saturated carbocycles. The molecule has 0 unspecified atom stereocenters. The Hall–Kier alpha value is -3.02. The molecule has 0 atom stereocenters. The standard InChI is InChI=1S/C25H21ClN2O2S/c1-3-17-6-4-5-7-21(17)27-22-23(31-20-14-8-16(2)9-15-20)25(30)28(24(22)29)19-12-10-18(26)11-13-19/h4-15,27H,3H2,1-2H3. The molecule has 3 aromatic carbocycles. The lowest BCUT2D eigenvalue weighted by atomic mass is 10.1. The zero-order valence-corrected chi connectivity index (χ0v) is 18.8. The van der Waals surface area contributed by atoms with Crippen molar-refractivity contribution >= 4 is 46.6 Å². The number of halogens is 1. The normalized spacial score (nSPS) is 13.8. The summed E-state index contributed by atoms with van der Waals surface area (Å²) in [6, 6.07) is 22.4. The van der Waals surface area contributed by atoms with Gasteiger partial charge in [0.2, 0.25) is 0 Å². The molecule has 1 aliphatic rings. The molecule has 3 aromatic rings. The van der Waals surface area contributed by atoms with Gasteiger partial charge in [-0.1, -0.05) is 66.2 Å². The number of hydrogen-bond acceptors (Lipinski definition) is 4. The van der Waals surface area contributed by atoms with Crippen LogP contribution >= 0.6 is 23.4 Å². The van der Waals surface area contributed by atoms with Gasteiger partial charge in [-0.25, -0.2) is 4.90 Å². The van der Waals surface area contributed by atoms with E-state index in [1.54, 1.807) is 24.3 Å². The zero-order valence-electron chi connectivity index (χ0n) is 17.2. The van der Waals surface area contributed by atoms with Crippen LogP contribution in [0.4, 0.5) is 11.4 Å². The van der Waals surface area contributed by atoms with Crippen LogP contribution in [0.3, 0.4) is 0 Å². The van der Waals surface area contributed by atoms with E-state index in [-0.39, 0.29) is 17.5 Å². The van der Waals surface area contributed by atoms with Crippen LogP contribution in [0.1, 0.15) is 18.1 Å². The lowest BCUT2D eigenvalue weighted by molar-refractivity contribution is -0.120. The molecule has 0 bridgehead atoms. The highest BCUT2D eigenvalue weighted by atomic mass is 35.5. The van der Waals surface area contributed by atoms with Crippen molar-refractivity contribution in [2.45, 2.75) is 25.2 Å². The summed E-state index contributed by atoms with van der Waals surface area (Å²) in [5, 5.41) is 3.80. The van der Waals surface area contributed by atoms with Crippen LogP contribution in [0.15, 0.2) is 88.3 Å². The fourth-order valence-electron chi connectivity index (χ4n) is 3.35. The van der Waals surface area contributed by atoms with Crippen LogP contribution in [0.2, 0.25) is 5.02 Å². The first kappa shape index (κ1) is 21.2. The first-order valence-electron chi connectivity index (χ1n) is 9.96. The van der Waals surface area contributed by atoms with E-state index in [9.17, 15) is 9.59 Å². The van der Waals surface area contributed by atoms with Gasteiger partial charge in [0.05, 0.1) is 5.69 Å². The molecule has 0 fully saturated rings. The number of nitrogens with zero attached hydrogens (tertiary/aromatic N) is 1. The van der Waals surface area contributed by atoms with Crippen LogP contribution in [0.5, 0.6) is 0 Å². The largest absolute Gasteiger partial charge is 0.350 e. The predicted octanol–water partition coefficient (Wildman–Crippen LogP) is 6.20. The maximum atomic E-state index is 13.4. The molecule has 4 nitrogen and oxygen atoms in total. The van der Waals surface area contributed by atoms with E-state index in [0.29, 0.717) is 15.6 Å². The Morgan fingerprint density at radius 3 is 2.26 bits per heavy atom. The van der Waals surface area contributed by atoms with Crippen molar-refractivity contribution in [2.75, 3.05) is 10.2 Å². The first-order valence-corrected chi connectivity index (χ1v) is 11.2. The minimum Gasteiger partial charge on any atom is -0.350 e. The fraction of sp³-hybridized carbons (Fsp3) is 0.120. The van der Waals surface area contributed by atoms with Crippen molar-refractivity contribution in [1.29, 1.82) is 0 Å². The third kappa shape index (κ3) is 4.38. The SMILES string of the molecule is CCc1ccccc1NC1=C(Sc2ccc(C)cc2)C(=O)N(c2ccc(Cl)cc2)C1=O. The van der Waals surface area contributed by atoms with Gasteiger partial charge in [-0.2, -0.15) is 0 Å². The first-order chi connectivity index (χ1) is 15.0. The Balaban J connectivity index is 1.76. The molecule has 6 heteroatoms. The minimum absolute atomic E-state index is 0.284. The van der Waals surface area contributed by atoms with E-state index in [2.05, 4.69) is 12.2 Å². The third-order valence-electron chi connectivity index (χ3n) is 5.03. The molecule has 0 aliphatic carbocycles. The van der Waals surface area contributed by atoms with Crippen molar-refractivity contribution in [3.8, 4) is 0 Å². The summed E-state index contributed by atoms with van der Waals surface area (Å²) in [7, 11) is 0. The highest BCUT2D eigenvalue weighted by Crippen LogP contribution is 2.38. The van der Waals surface area contributed by atoms with Crippen molar-refractivity contribution in [3.05, 3.63) is 99.5 Å². The maximum absolute atomic E-state index is 13.4. The number of hydrogen-bond donors (Lipinski definition) is 1. The van der Waals surface area contributed by atoms with Gasteiger partial charge in [-0.15, -0.1) is 0 Å². The van der Waals surface area contributed by atoms with E-state index >= 15 is 0 Å². The second-order valence-corrected chi connectivity index (χ2v) is 8.70. The number of nitrogens with one attached hydrogen (secondary N) is 1. The Labute approximate surface area is 190 Å². The topological polar surface area (TPSA) is 49.4 Å². The third-order valence-corrected chi connectivity index (χ3v) is 6.37. The van der Waals surface area contributed by atoms with Crippen LogP contribution in [0.25, 0.3) is 0 Å². The van der Waals surface area contributed by atoms with Gasteiger partial charge in [0.15, 0.2) is 0 Å². The van der Waals surface area contributed by atoms with Gasteiger partial charge in [0.1, 0.15) is 10.6 Å². The quantitative estimate of drug-likeness (QED) is 0.456. The lowest BCUT2D eigenvalue weighted by Crippen LogP contribution is -2.32. The molecule has 156 valence electrons. The smallest absolute Gasteiger partial charge is 0.283 e. The molecule has 31 heavy (non-hydrogen) atoms. The van der Waals surface area contributed by atoms with Crippen molar-refractivity contribution in [3.63, 3.8) is 0 Å². The average Bonchev–Trinajstić information content (AvgIpc) is 3.00. The number of carbonyl (C=O) groups is 2. The second kappa shape index (κ2) is 9.00. The zero-order chi connectivity index (χ0) is 22.0. The molecule has 0 saturated heterocycles. The van der Waals surface area contributed by atoms with Crippen LogP contribution in [-0.2, 0) is 16.0 Å². The summed E-state index contributed by atoms with van der Waals surface area (Å²) in [5.74, 6) is -0.734. The molecule has 0 spiro atoms. The number of carbonyl (C=O) groups excluding carboxylic acids is 2. The summed E-state index contributed by atoms with van der Waals surface area (Å²) in [4.78, 5) is 29.2. The molecular formula is C25H21ClN2O2S. The van der Waals surface area contributed by atoms with Crippen molar-refractivity contribution in [2.24, 2.45) is 0 Å². The highest BCUT2D eigenvalue weighted by molar-refractivity contribution is 8.04. The summed E-state index contributed by atoms with van der Waals surface area (Å²) in [6.07, 6.45) is 0.805. The molecular weight excluding hydrogens is 428 g/mol. The number of amides is 2. The predicted molar refractivity (Wildman–Crippen MR) is 127 cm³/mol. The fourth-order valence-corrected chi connectivity index (χ4v) is 4.40. The van der Waals surface area contributed by atoms with Gasteiger partial charge in [0.25, 0.3) is 11.8 Å². The van der Waals surface area contributed by atoms with Crippen LogP contribution in [0, 0.1) is 6.92 Å². The number of thioether (sulfide) groups is 1. The highest BCUT2D eigenvalue weighted by Gasteiger charge is 2.40. The molecule has 4 rings (SSSR count). The molecule has 1 heterocycles. The van der Waals surface area contributed by atoms with E-state index in [0.717, 1.165) is 28.1 Å². The number of para-hydroxylation sites is 1.